The monoisotopic (exact) mass is 612 g/mol. The lowest BCUT2D eigenvalue weighted by molar-refractivity contribution is 0.303. The molecule has 0 spiro atoms. The third kappa shape index (κ3) is 7.54. The van der Waals surface area contributed by atoms with Crippen LogP contribution in [0.4, 0.5) is 0 Å². The smallest absolute Gasteiger partial charge is 0.306 e. The van der Waals surface area contributed by atoms with Gasteiger partial charge in [-0.2, -0.15) is 16.8 Å². The highest BCUT2D eigenvalue weighted by atomic mass is 32.2. The first-order chi connectivity index (χ1) is 19.9. The number of benzene rings is 4. The molecule has 0 radical (unpaired) electrons. The zero-order valence-corrected chi connectivity index (χ0v) is 25.5. The first-order valence-corrected chi connectivity index (χ1v) is 16.5. The minimum absolute atomic E-state index is 0.0502. The van der Waals surface area contributed by atoms with Crippen LogP contribution in [0, 0.1) is 0 Å². The third-order valence-electron chi connectivity index (χ3n) is 6.24. The summed E-state index contributed by atoms with van der Waals surface area (Å²) in [6.45, 7) is 2.40. The molecule has 0 amide bonds. The van der Waals surface area contributed by atoms with Crippen molar-refractivity contribution < 1.29 is 39.4 Å². The van der Waals surface area contributed by atoms with Crippen molar-refractivity contribution in [2.45, 2.75) is 20.0 Å². The van der Waals surface area contributed by atoms with Gasteiger partial charge in [-0.15, -0.1) is 0 Å². The lowest BCUT2D eigenvalue weighted by Crippen LogP contribution is -2.09. The molecule has 4 rings (SSSR count). The molecule has 0 saturated heterocycles. The summed E-state index contributed by atoms with van der Waals surface area (Å²) >= 11 is 0. The highest BCUT2D eigenvalue weighted by Crippen LogP contribution is 2.51. The fourth-order valence-corrected chi connectivity index (χ4v) is 5.37. The van der Waals surface area contributed by atoms with E-state index in [0.29, 0.717) is 46.8 Å². The molecule has 0 N–H and O–H groups in total. The summed E-state index contributed by atoms with van der Waals surface area (Å²) in [5, 5.41) is 0. The van der Waals surface area contributed by atoms with Crippen molar-refractivity contribution in [2.24, 2.45) is 0 Å². The summed E-state index contributed by atoms with van der Waals surface area (Å²) in [7, 11) is -4.83. The number of hydrogen-bond donors (Lipinski definition) is 0. The molecule has 0 fully saturated rings. The number of rotatable bonds is 12. The first kappa shape index (κ1) is 30.7. The predicted molar refractivity (Wildman–Crippen MR) is 162 cm³/mol. The number of methoxy groups -OCH3 is 2. The second-order valence-corrected chi connectivity index (χ2v) is 12.6. The average molecular weight is 613 g/mol. The fourth-order valence-electron chi connectivity index (χ4n) is 4.45. The fraction of sp³-hybridized carbons (Fsp3) is 0.226. The van der Waals surface area contributed by atoms with Gasteiger partial charge in [0.15, 0.2) is 11.5 Å². The van der Waals surface area contributed by atoms with E-state index >= 15 is 0 Å². The van der Waals surface area contributed by atoms with E-state index < -0.39 is 20.2 Å². The van der Waals surface area contributed by atoms with Crippen molar-refractivity contribution in [1.29, 1.82) is 0 Å². The van der Waals surface area contributed by atoms with Crippen molar-refractivity contribution in [1.82, 2.24) is 0 Å². The van der Waals surface area contributed by atoms with E-state index in [2.05, 4.69) is 0 Å². The van der Waals surface area contributed by atoms with E-state index in [4.69, 9.17) is 22.6 Å². The molecule has 0 aliphatic rings. The summed E-state index contributed by atoms with van der Waals surface area (Å²) in [6, 6.07) is 23.3. The molecular formula is C31H32O9S2. The molecule has 42 heavy (non-hydrogen) atoms. The maximum absolute atomic E-state index is 12.5. The van der Waals surface area contributed by atoms with Gasteiger partial charge in [-0.05, 0) is 59.0 Å². The predicted octanol–water partition coefficient (Wildman–Crippen LogP) is 5.86. The Morgan fingerprint density at radius 2 is 1.31 bits per heavy atom. The molecule has 0 saturated carbocycles. The lowest BCUT2D eigenvalue weighted by atomic mass is 9.95. The van der Waals surface area contributed by atoms with Crippen molar-refractivity contribution in [3.63, 3.8) is 0 Å². The zero-order valence-electron chi connectivity index (χ0n) is 23.9. The molecule has 0 heterocycles. The molecule has 0 unspecified atom stereocenters. The number of aryl methyl sites for hydroxylation is 1. The zero-order chi connectivity index (χ0) is 30.5. The van der Waals surface area contributed by atoms with Crippen LogP contribution in [0.3, 0.4) is 0 Å². The summed E-state index contributed by atoms with van der Waals surface area (Å²) < 4.78 is 76.0. The van der Waals surface area contributed by atoms with Crippen molar-refractivity contribution in [3.8, 4) is 51.0 Å². The Kier molecular flexibility index (Phi) is 9.33. The number of ether oxygens (including phenoxy) is 3. The van der Waals surface area contributed by atoms with Crippen molar-refractivity contribution in [3.05, 3.63) is 90.0 Å². The largest absolute Gasteiger partial charge is 0.496 e. The Morgan fingerprint density at radius 3 is 1.88 bits per heavy atom. The van der Waals surface area contributed by atoms with Gasteiger partial charge in [-0.25, -0.2) is 0 Å². The van der Waals surface area contributed by atoms with Crippen LogP contribution in [0.5, 0.6) is 28.7 Å². The van der Waals surface area contributed by atoms with Gasteiger partial charge in [0.25, 0.3) is 0 Å². The maximum atomic E-state index is 12.5. The topological polar surface area (TPSA) is 114 Å². The van der Waals surface area contributed by atoms with Crippen LogP contribution in [-0.4, -0.2) is 43.6 Å². The van der Waals surface area contributed by atoms with Gasteiger partial charge in [0.1, 0.15) is 23.9 Å². The summed E-state index contributed by atoms with van der Waals surface area (Å²) in [5.41, 5.74) is 3.99. The SMILES string of the molecule is CCc1cc(-c2c(OC)cc(-c3ccc(OS(C)(=O)=O)cc3)c(OC)c2OS(C)(=O)=O)ccc1OCc1ccccc1. The average Bonchev–Trinajstić information content (AvgIpc) is 2.94. The minimum Gasteiger partial charge on any atom is -0.496 e. The van der Waals surface area contributed by atoms with Crippen LogP contribution in [0.1, 0.15) is 18.1 Å². The summed E-state index contributed by atoms with van der Waals surface area (Å²) in [5.74, 6) is 1.26. The van der Waals surface area contributed by atoms with Gasteiger partial charge in [-0.1, -0.05) is 55.5 Å². The van der Waals surface area contributed by atoms with Gasteiger partial charge in [0.05, 0.1) is 32.3 Å². The van der Waals surface area contributed by atoms with E-state index in [0.717, 1.165) is 23.6 Å². The minimum atomic E-state index is -4.00. The van der Waals surface area contributed by atoms with Gasteiger partial charge < -0.3 is 22.6 Å². The molecule has 0 atom stereocenters. The maximum Gasteiger partial charge on any atom is 0.306 e. The van der Waals surface area contributed by atoms with Crippen molar-refractivity contribution in [2.75, 3.05) is 26.7 Å². The van der Waals surface area contributed by atoms with Gasteiger partial charge >= 0.3 is 20.2 Å². The Balaban J connectivity index is 1.85. The summed E-state index contributed by atoms with van der Waals surface area (Å²) in [6.07, 6.45) is 2.55. The molecule has 0 aromatic heterocycles. The Bertz CT molecular complexity index is 1770. The van der Waals surface area contributed by atoms with E-state index in [1.54, 1.807) is 18.2 Å². The van der Waals surface area contributed by atoms with Crippen LogP contribution in [-0.2, 0) is 33.3 Å². The molecule has 9 nitrogen and oxygen atoms in total. The van der Waals surface area contributed by atoms with E-state index in [-0.39, 0.29) is 17.2 Å². The second-order valence-electron chi connectivity index (χ2n) is 9.41. The Hall–Kier alpha value is -4.22. The third-order valence-corrected chi connectivity index (χ3v) is 7.20. The molecule has 0 aliphatic carbocycles. The van der Waals surface area contributed by atoms with E-state index in [1.807, 2.05) is 55.5 Å². The van der Waals surface area contributed by atoms with Crippen LogP contribution >= 0.6 is 0 Å². The van der Waals surface area contributed by atoms with E-state index in [9.17, 15) is 16.8 Å². The molecular weight excluding hydrogens is 580 g/mol. The van der Waals surface area contributed by atoms with Crippen LogP contribution in [0.15, 0.2) is 78.9 Å². The van der Waals surface area contributed by atoms with Crippen LogP contribution in [0.2, 0.25) is 0 Å². The molecule has 222 valence electrons. The molecule has 0 bridgehead atoms. The van der Waals surface area contributed by atoms with E-state index in [1.165, 1.54) is 26.4 Å². The van der Waals surface area contributed by atoms with Gasteiger partial charge in [-0.3, -0.25) is 0 Å². The molecule has 11 heteroatoms. The molecule has 0 aliphatic heterocycles. The van der Waals surface area contributed by atoms with Crippen LogP contribution in [0.25, 0.3) is 22.3 Å². The molecule has 4 aromatic carbocycles. The molecule has 4 aromatic rings. The van der Waals surface area contributed by atoms with Gasteiger partial charge in [0, 0.05) is 5.56 Å². The highest BCUT2D eigenvalue weighted by molar-refractivity contribution is 7.86. The second kappa shape index (κ2) is 12.7. The Labute approximate surface area is 246 Å². The van der Waals surface area contributed by atoms with Gasteiger partial charge in [0.2, 0.25) is 0 Å². The quantitative estimate of drug-likeness (QED) is 0.182. The lowest BCUT2D eigenvalue weighted by Gasteiger charge is -2.21. The van der Waals surface area contributed by atoms with Crippen molar-refractivity contribution >= 4 is 20.2 Å². The number of hydrogen-bond acceptors (Lipinski definition) is 9. The Morgan fingerprint density at radius 1 is 0.667 bits per heavy atom. The normalized spacial score (nSPS) is 11.5. The first-order valence-electron chi connectivity index (χ1n) is 12.9. The van der Waals surface area contributed by atoms with Crippen LogP contribution < -0.4 is 22.6 Å². The summed E-state index contributed by atoms with van der Waals surface area (Å²) in [4.78, 5) is 0. The highest BCUT2D eigenvalue weighted by Gasteiger charge is 2.27. The standard InChI is InChI=1S/C31H32O9S2/c1-6-22-18-24(14-17-27(22)38-20-21-10-8-7-9-11-21)29-28(36-2)19-26(30(37-3)31(29)40-42(5,34)35)23-12-15-25(16-13-23)39-41(4,32)33/h7-19H,6,20H2,1-5H3.